The Morgan fingerprint density at radius 2 is 2.15 bits per heavy atom. The maximum Gasteiger partial charge on any atom is 0.335 e. The normalized spacial score (nSPS) is 10.5. The van der Waals surface area contributed by atoms with Gasteiger partial charge in [0, 0.05) is 24.8 Å². The topological polar surface area (TPSA) is 62.2 Å². The van der Waals surface area contributed by atoms with E-state index in [-0.39, 0.29) is 12.1 Å². The van der Waals surface area contributed by atoms with Crippen LogP contribution in [0.25, 0.3) is 0 Å². The number of benzene rings is 1. The van der Waals surface area contributed by atoms with Gasteiger partial charge in [-0.15, -0.1) is 0 Å². The molecule has 4 nitrogen and oxygen atoms in total. The molecule has 0 atom stereocenters. The highest BCUT2D eigenvalue weighted by Gasteiger charge is 2.08. The average molecular weight is 274 g/mol. The van der Waals surface area contributed by atoms with Crippen LogP contribution in [0.3, 0.4) is 0 Å². The fourth-order valence-corrected chi connectivity index (χ4v) is 1.86. The number of hydrogen-bond donors (Lipinski definition) is 2. The molecule has 0 fully saturated rings. The number of nitrogens with zero attached hydrogens (tertiary/aromatic N) is 1. The largest absolute Gasteiger partial charge is 0.478 e. The van der Waals surface area contributed by atoms with Crippen molar-refractivity contribution in [1.29, 1.82) is 0 Å². The van der Waals surface area contributed by atoms with Gasteiger partial charge in [0.2, 0.25) is 0 Å². The number of halogens is 1. The number of nitrogens with one attached hydrogen (secondary N) is 1. The summed E-state index contributed by atoms with van der Waals surface area (Å²) in [6, 6.07) is 7.58. The Bertz CT molecular complexity index is 629. The van der Waals surface area contributed by atoms with Gasteiger partial charge in [0.05, 0.1) is 11.3 Å². The number of pyridine rings is 1. The van der Waals surface area contributed by atoms with E-state index in [1.165, 1.54) is 18.2 Å². The summed E-state index contributed by atoms with van der Waals surface area (Å²) in [6.07, 6.45) is 1.70. The van der Waals surface area contributed by atoms with Gasteiger partial charge in [-0.05, 0) is 36.8 Å². The van der Waals surface area contributed by atoms with Gasteiger partial charge in [-0.25, -0.2) is 9.18 Å². The average Bonchev–Trinajstić information content (AvgIpc) is 2.42. The Morgan fingerprint density at radius 1 is 1.35 bits per heavy atom. The first-order valence-electron chi connectivity index (χ1n) is 6.21. The van der Waals surface area contributed by atoms with Crippen LogP contribution < -0.4 is 5.32 Å². The standard InChI is InChI=1S/C15H15FN2O2/c1-10-3-2-6-18-14(10)9-17-8-12-7-11(15(19)20)4-5-13(12)16/h2-7,17H,8-9H2,1H3,(H,19,20). The third-order valence-corrected chi connectivity index (χ3v) is 3.02. The number of aromatic nitrogens is 1. The number of carbonyl (C=O) groups is 1. The molecule has 20 heavy (non-hydrogen) atoms. The van der Waals surface area contributed by atoms with E-state index in [1.54, 1.807) is 6.20 Å². The zero-order valence-electron chi connectivity index (χ0n) is 11.1. The van der Waals surface area contributed by atoms with Crippen molar-refractivity contribution in [3.8, 4) is 0 Å². The van der Waals surface area contributed by atoms with E-state index in [2.05, 4.69) is 10.3 Å². The molecular formula is C15H15FN2O2. The maximum atomic E-state index is 13.6. The summed E-state index contributed by atoms with van der Waals surface area (Å²) in [5, 5.41) is 12.0. The van der Waals surface area contributed by atoms with Crippen LogP contribution in [-0.2, 0) is 13.1 Å². The van der Waals surface area contributed by atoms with Crippen molar-refractivity contribution in [2.24, 2.45) is 0 Å². The Morgan fingerprint density at radius 3 is 2.85 bits per heavy atom. The second kappa shape index (κ2) is 6.25. The molecule has 0 aliphatic rings. The molecule has 1 aromatic carbocycles. The number of carboxylic acids is 1. The van der Waals surface area contributed by atoms with Crippen molar-refractivity contribution in [2.75, 3.05) is 0 Å². The molecule has 0 radical (unpaired) electrons. The number of carboxylic acid groups (broad SMARTS) is 1. The summed E-state index contributed by atoms with van der Waals surface area (Å²) >= 11 is 0. The van der Waals surface area contributed by atoms with E-state index in [1.807, 2.05) is 19.1 Å². The van der Waals surface area contributed by atoms with Gasteiger partial charge in [-0.1, -0.05) is 6.07 Å². The summed E-state index contributed by atoms with van der Waals surface area (Å²) in [5.74, 6) is -1.48. The number of hydrogen-bond acceptors (Lipinski definition) is 3. The van der Waals surface area contributed by atoms with Crippen molar-refractivity contribution >= 4 is 5.97 Å². The molecule has 0 aliphatic heterocycles. The molecule has 2 N–H and O–H groups in total. The predicted octanol–water partition coefficient (Wildman–Crippen LogP) is 2.52. The lowest BCUT2D eigenvalue weighted by Gasteiger charge is -2.08. The van der Waals surface area contributed by atoms with Gasteiger partial charge < -0.3 is 10.4 Å². The van der Waals surface area contributed by atoms with E-state index in [0.29, 0.717) is 12.1 Å². The van der Waals surface area contributed by atoms with Gasteiger partial charge in [0.25, 0.3) is 0 Å². The maximum absolute atomic E-state index is 13.6. The lowest BCUT2D eigenvalue weighted by atomic mass is 10.1. The van der Waals surface area contributed by atoms with Crippen molar-refractivity contribution in [1.82, 2.24) is 10.3 Å². The smallest absolute Gasteiger partial charge is 0.335 e. The summed E-state index contributed by atoms with van der Waals surface area (Å²) in [4.78, 5) is 15.1. The SMILES string of the molecule is Cc1cccnc1CNCc1cc(C(=O)O)ccc1F. The van der Waals surface area contributed by atoms with Gasteiger partial charge in [0.1, 0.15) is 5.82 Å². The van der Waals surface area contributed by atoms with Crippen LogP contribution in [0, 0.1) is 12.7 Å². The first-order chi connectivity index (χ1) is 9.58. The number of aryl methyl sites for hydroxylation is 1. The van der Waals surface area contributed by atoms with Crippen molar-refractivity contribution in [3.63, 3.8) is 0 Å². The zero-order chi connectivity index (χ0) is 14.5. The third kappa shape index (κ3) is 3.39. The highest BCUT2D eigenvalue weighted by atomic mass is 19.1. The molecule has 0 bridgehead atoms. The monoisotopic (exact) mass is 274 g/mol. The van der Waals surface area contributed by atoms with E-state index < -0.39 is 11.8 Å². The summed E-state index contributed by atoms with van der Waals surface area (Å²) in [5.41, 5.74) is 2.36. The van der Waals surface area contributed by atoms with E-state index in [9.17, 15) is 9.18 Å². The van der Waals surface area contributed by atoms with Crippen molar-refractivity contribution < 1.29 is 14.3 Å². The highest BCUT2D eigenvalue weighted by molar-refractivity contribution is 5.87. The molecule has 1 aromatic heterocycles. The predicted molar refractivity (Wildman–Crippen MR) is 72.9 cm³/mol. The molecule has 1 heterocycles. The number of aromatic carboxylic acids is 1. The molecule has 104 valence electrons. The molecule has 2 aromatic rings. The van der Waals surface area contributed by atoms with Gasteiger partial charge >= 0.3 is 5.97 Å². The van der Waals surface area contributed by atoms with E-state index in [0.717, 1.165) is 11.3 Å². The Kier molecular flexibility index (Phi) is 4.42. The number of rotatable bonds is 5. The first-order valence-corrected chi connectivity index (χ1v) is 6.21. The molecule has 0 amide bonds. The minimum absolute atomic E-state index is 0.0808. The van der Waals surface area contributed by atoms with Crippen molar-refractivity contribution in [3.05, 3.63) is 64.7 Å². The first kappa shape index (κ1) is 14.1. The second-order valence-corrected chi connectivity index (χ2v) is 4.48. The quantitative estimate of drug-likeness (QED) is 0.879. The molecule has 0 saturated carbocycles. The Labute approximate surface area is 116 Å². The Hall–Kier alpha value is -2.27. The van der Waals surface area contributed by atoms with Crippen LogP contribution in [0.1, 0.15) is 27.2 Å². The fraction of sp³-hybridized carbons (Fsp3) is 0.200. The Balaban J connectivity index is 2.02. The molecule has 5 heteroatoms. The summed E-state index contributed by atoms with van der Waals surface area (Å²) in [7, 11) is 0. The molecule has 2 rings (SSSR count). The highest BCUT2D eigenvalue weighted by Crippen LogP contribution is 2.11. The molecule has 0 saturated heterocycles. The third-order valence-electron chi connectivity index (χ3n) is 3.02. The second-order valence-electron chi connectivity index (χ2n) is 4.48. The molecule has 0 aliphatic carbocycles. The minimum Gasteiger partial charge on any atom is -0.478 e. The lowest BCUT2D eigenvalue weighted by Crippen LogP contribution is -2.16. The van der Waals surface area contributed by atoms with Crippen LogP contribution >= 0.6 is 0 Å². The van der Waals surface area contributed by atoms with Gasteiger partial charge in [-0.2, -0.15) is 0 Å². The van der Waals surface area contributed by atoms with Crippen LogP contribution in [-0.4, -0.2) is 16.1 Å². The minimum atomic E-state index is -1.06. The van der Waals surface area contributed by atoms with E-state index >= 15 is 0 Å². The van der Waals surface area contributed by atoms with Crippen LogP contribution in [0.5, 0.6) is 0 Å². The zero-order valence-corrected chi connectivity index (χ0v) is 11.1. The van der Waals surface area contributed by atoms with Crippen LogP contribution in [0.2, 0.25) is 0 Å². The van der Waals surface area contributed by atoms with Gasteiger partial charge in [-0.3, -0.25) is 4.98 Å². The van der Waals surface area contributed by atoms with Gasteiger partial charge in [0.15, 0.2) is 0 Å². The molecular weight excluding hydrogens is 259 g/mol. The fourth-order valence-electron chi connectivity index (χ4n) is 1.86. The van der Waals surface area contributed by atoms with E-state index in [4.69, 9.17) is 5.11 Å². The van der Waals surface area contributed by atoms with Crippen LogP contribution in [0.4, 0.5) is 4.39 Å². The lowest BCUT2D eigenvalue weighted by molar-refractivity contribution is 0.0696. The molecule has 0 spiro atoms. The summed E-state index contributed by atoms with van der Waals surface area (Å²) in [6.45, 7) is 2.71. The van der Waals surface area contributed by atoms with Crippen molar-refractivity contribution in [2.45, 2.75) is 20.0 Å². The molecule has 0 unspecified atom stereocenters. The summed E-state index contributed by atoms with van der Waals surface area (Å²) < 4.78 is 13.6. The van der Waals surface area contributed by atoms with Crippen LogP contribution in [0.15, 0.2) is 36.5 Å².